The molecule has 3 heterocycles. The first-order chi connectivity index (χ1) is 11.7. The molecule has 0 radical (unpaired) electrons. The van der Waals surface area contributed by atoms with Crippen molar-refractivity contribution in [2.75, 3.05) is 18.5 Å². The van der Waals surface area contributed by atoms with Crippen LogP contribution < -0.4 is 5.32 Å². The van der Waals surface area contributed by atoms with Gasteiger partial charge in [0.1, 0.15) is 0 Å². The molecule has 1 aromatic heterocycles. The molecule has 24 heavy (non-hydrogen) atoms. The number of nitrogens with one attached hydrogen (secondary N) is 1. The maximum Gasteiger partial charge on any atom is 0.254 e. The highest BCUT2D eigenvalue weighted by Crippen LogP contribution is 2.47. The number of amides is 1. The molecule has 2 aliphatic heterocycles. The van der Waals surface area contributed by atoms with Crippen LogP contribution in [0.15, 0.2) is 47.2 Å². The molecule has 1 amide bonds. The maximum absolute atomic E-state index is 13.0. The van der Waals surface area contributed by atoms with Gasteiger partial charge >= 0.3 is 0 Å². The van der Waals surface area contributed by atoms with Gasteiger partial charge < -0.3 is 15.3 Å². The molecule has 2 N–H and O–H groups in total. The number of pyridine rings is 1. The Morgan fingerprint density at radius 1 is 1.33 bits per heavy atom. The second-order valence-electron chi connectivity index (χ2n) is 6.30. The number of aliphatic hydroxyl groups excluding tert-OH is 1. The van der Waals surface area contributed by atoms with Crippen molar-refractivity contribution in [3.8, 4) is 0 Å². The number of rotatable bonds is 2. The first-order valence-corrected chi connectivity index (χ1v) is 8.86. The minimum absolute atomic E-state index is 0.0171. The standard InChI is InChI=1S/C18H18BrN3O2/c19-12-1-2-15-14(9-12)17-13(16(10-23)21-15)5-8-22(17)18(24)11-3-6-20-7-4-11/h1-4,6-7,9,13,16-17,21,23H,5,8,10H2/t13-,16-,17-/m0/s1. The Kier molecular flexibility index (Phi) is 4.02. The van der Waals surface area contributed by atoms with E-state index in [0.717, 1.165) is 22.1 Å². The Labute approximate surface area is 148 Å². The zero-order valence-corrected chi connectivity index (χ0v) is 14.6. The van der Waals surface area contributed by atoms with Crippen molar-refractivity contribution < 1.29 is 9.90 Å². The highest BCUT2D eigenvalue weighted by molar-refractivity contribution is 9.10. The number of hydrogen-bond donors (Lipinski definition) is 2. The summed E-state index contributed by atoms with van der Waals surface area (Å²) in [4.78, 5) is 18.9. The summed E-state index contributed by atoms with van der Waals surface area (Å²) in [5.74, 6) is 0.233. The number of likely N-dealkylation sites (tertiary alicyclic amines) is 1. The summed E-state index contributed by atoms with van der Waals surface area (Å²) in [6.07, 6.45) is 4.17. The molecule has 3 atom stereocenters. The number of nitrogens with zero attached hydrogens (tertiary/aromatic N) is 2. The smallest absolute Gasteiger partial charge is 0.254 e. The SMILES string of the molecule is O=C(c1ccncc1)N1CC[C@H]2[C@H](CO)Nc3ccc(Br)cc3[C@H]21. The molecule has 1 fully saturated rings. The molecule has 124 valence electrons. The highest BCUT2D eigenvalue weighted by atomic mass is 79.9. The normalized spacial score (nSPS) is 24.9. The third-order valence-electron chi connectivity index (χ3n) is 5.02. The van der Waals surface area contributed by atoms with Gasteiger partial charge in [-0.1, -0.05) is 15.9 Å². The van der Waals surface area contributed by atoms with Gasteiger partial charge in [-0.3, -0.25) is 9.78 Å². The van der Waals surface area contributed by atoms with Gasteiger partial charge in [-0.2, -0.15) is 0 Å². The van der Waals surface area contributed by atoms with Crippen molar-refractivity contribution in [2.24, 2.45) is 5.92 Å². The Bertz CT molecular complexity index is 768. The van der Waals surface area contributed by atoms with Gasteiger partial charge in [0.15, 0.2) is 0 Å². The summed E-state index contributed by atoms with van der Waals surface area (Å²) in [6, 6.07) is 9.52. The first-order valence-electron chi connectivity index (χ1n) is 8.07. The molecule has 0 spiro atoms. The fourth-order valence-corrected chi connectivity index (χ4v) is 4.30. The predicted molar refractivity (Wildman–Crippen MR) is 94.8 cm³/mol. The van der Waals surface area contributed by atoms with Crippen molar-refractivity contribution in [3.05, 3.63) is 58.3 Å². The van der Waals surface area contributed by atoms with Crippen LogP contribution >= 0.6 is 15.9 Å². The van der Waals surface area contributed by atoms with E-state index in [1.807, 2.05) is 17.0 Å². The second-order valence-corrected chi connectivity index (χ2v) is 7.21. The van der Waals surface area contributed by atoms with E-state index in [2.05, 4.69) is 32.3 Å². The van der Waals surface area contributed by atoms with E-state index in [0.29, 0.717) is 12.1 Å². The molecule has 0 aliphatic carbocycles. The van der Waals surface area contributed by atoms with Crippen LogP contribution in [0, 0.1) is 5.92 Å². The third kappa shape index (κ3) is 2.50. The summed E-state index contributed by atoms with van der Waals surface area (Å²) in [5, 5.41) is 13.2. The number of hydrogen-bond acceptors (Lipinski definition) is 4. The Balaban J connectivity index is 1.75. The van der Waals surface area contributed by atoms with Crippen LogP contribution in [-0.4, -0.2) is 40.1 Å². The van der Waals surface area contributed by atoms with E-state index in [9.17, 15) is 9.90 Å². The fraction of sp³-hybridized carbons (Fsp3) is 0.333. The van der Waals surface area contributed by atoms with Crippen LogP contribution in [0.25, 0.3) is 0 Å². The van der Waals surface area contributed by atoms with Crippen LogP contribution in [0.1, 0.15) is 28.4 Å². The molecular weight excluding hydrogens is 370 g/mol. The summed E-state index contributed by atoms with van der Waals surface area (Å²) >= 11 is 3.53. The van der Waals surface area contributed by atoms with Crippen molar-refractivity contribution >= 4 is 27.5 Å². The summed E-state index contributed by atoms with van der Waals surface area (Å²) < 4.78 is 0.993. The number of aliphatic hydroxyl groups is 1. The molecule has 0 unspecified atom stereocenters. The number of aromatic nitrogens is 1. The topological polar surface area (TPSA) is 65.5 Å². The van der Waals surface area contributed by atoms with E-state index in [1.54, 1.807) is 24.5 Å². The van der Waals surface area contributed by atoms with E-state index in [1.165, 1.54) is 0 Å². The molecule has 6 heteroatoms. The summed E-state index contributed by atoms with van der Waals surface area (Å²) in [5.41, 5.74) is 2.76. The number of fused-ring (bicyclic) bond motifs is 3. The van der Waals surface area contributed by atoms with Gasteiger partial charge in [0, 0.05) is 40.6 Å². The van der Waals surface area contributed by atoms with Crippen LogP contribution in [0.4, 0.5) is 5.69 Å². The Morgan fingerprint density at radius 2 is 2.12 bits per heavy atom. The van der Waals surface area contributed by atoms with Crippen molar-refractivity contribution in [1.29, 1.82) is 0 Å². The average Bonchev–Trinajstić information content (AvgIpc) is 3.06. The minimum atomic E-state index is -0.0288. The van der Waals surface area contributed by atoms with Crippen LogP contribution in [0.2, 0.25) is 0 Å². The summed E-state index contributed by atoms with van der Waals surface area (Å²) in [6.45, 7) is 0.759. The number of benzene rings is 1. The van der Waals surface area contributed by atoms with E-state index >= 15 is 0 Å². The molecular formula is C18H18BrN3O2. The van der Waals surface area contributed by atoms with Gasteiger partial charge in [0.25, 0.3) is 5.91 Å². The van der Waals surface area contributed by atoms with Crippen molar-refractivity contribution in [1.82, 2.24) is 9.88 Å². The Hall–Kier alpha value is -1.92. The zero-order valence-electron chi connectivity index (χ0n) is 13.0. The highest BCUT2D eigenvalue weighted by Gasteiger charge is 2.45. The lowest BCUT2D eigenvalue weighted by Gasteiger charge is -2.39. The van der Waals surface area contributed by atoms with E-state index in [4.69, 9.17) is 0 Å². The quantitative estimate of drug-likeness (QED) is 0.831. The average molecular weight is 388 g/mol. The largest absolute Gasteiger partial charge is 0.394 e. The predicted octanol–water partition coefficient (Wildman–Crippen LogP) is 2.83. The molecule has 4 rings (SSSR count). The molecule has 1 aromatic carbocycles. The van der Waals surface area contributed by atoms with Crippen LogP contribution in [0.5, 0.6) is 0 Å². The third-order valence-corrected chi connectivity index (χ3v) is 5.51. The van der Waals surface area contributed by atoms with E-state index in [-0.39, 0.29) is 30.5 Å². The van der Waals surface area contributed by atoms with Gasteiger partial charge in [0.05, 0.1) is 18.7 Å². The van der Waals surface area contributed by atoms with Gasteiger partial charge in [0.2, 0.25) is 0 Å². The van der Waals surface area contributed by atoms with Gasteiger partial charge in [-0.25, -0.2) is 0 Å². The fourth-order valence-electron chi connectivity index (χ4n) is 3.92. The van der Waals surface area contributed by atoms with Crippen LogP contribution in [0.3, 0.4) is 0 Å². The van der Waals surface area contributed by atoms with Gasteiger partial charge in [-0.05, 0) is 42.3 Å². The monoisotopic (exact) mass is 387 g/mol. The van der Waals surface area contributed by atoms with E-state index < -0.39 is 0 Å². The molecule has 2 aliphatic rings. The molecule has 0 bridgehead atoms. The number of halogens is 1. The first kappa shape index (κ1) is 15.6. The molecule has 0 saturated carbocycles. The Morgan fingerprint density at radius 3 is 2.88 bits per heavy atom. The lowest BCUT2D eigenvalue weighted by Crippen LogP contribution is -2.42. The lowest BCUT2D eigenvalue weighted by atomic mass is 9.83. The number of anilines is 1. The van der Waals surface area contributed by atoms with Gasteiger partial charge in [-0.15, -0.1) is 0 Å². The zero-order chi connectivity index (χ0) is 16.7. The molecule has 5 nitrogen and oxygen atoms in total. The van der Waals surface area contributed by atoms with Crippen molar-refractivity contribution in [2.45, 2.75) is 18.5 Å². The minimum Gasteiger partial charge on any atom is -0.394 e. The molecule has 2 aromatic rings. The second kappa shape index (κ2) is 6.18. The number of carbonyl (C=O) groups is 1. The lowest BCUT2D eigenvalue weighted by molar-refractivity contribution is 0.0701. The maximum atomic E-state index is 13.0. The van der Waals surface area contributed by atoms with Crippen molar-refractivity contribution in [3.63, 3.8) is 0 Å². The molecule has 1 saturated heterocycles. The summed E-state index contributed by atoms with van der Waals surface area (Å²) in [7, 11) is 0. The number of carbonyl (C=O) groups excluding carboxylic acids is 1. The van der Waals surface area contributed by atoms with Crippen LogP contribution in [-0.2, 0) is 0 Å².